The van der Waals surface area contributed by atoms with Crippen LogP contribution in [0.2, 0.25) is 0 Å². The van der Waals surface area contributed by atoms with E-state index in [1.165, 1.54) is 0 Å². The molecule has 108 valence electrons. The fourth-order valence-electron chi connectivity index (χ4n) is 1.87. The van der Waals surface area contributed by atoms with Gasteiger partial charge in [0.05, 0.1) is 13.2 Å². The molecule has 0 saturated carbocycles. The molecular weight excluding hydrogens is 238 g/mol. The maximum Gasteiger partial charge on any atom is 0.123 e. The monoisotopic (exact) mass is 265 g/mol. The second kappa shape index (κ2) is 8.81. The highest BCUT2D eigenvalue weighted by Crippen LogP contribution is 2.20. The lowest BCUT2D eigenvalue weighted by Gasteiger charge is -2.15. The second-order valence-corrected chi connectivity index (χ2v) is 5.35. The molecule has 0 aromatic heterocycles. The highest BCUT2D eigenvalue weighted by atomic mass is 16.5. The molecular formula is C16H27NO2. The molecule has 0 aliphatic heterocycles. The average Bonchev–Trinajstić information content (AvgIpc) is 2.38. The molecule has 0 saturated heterocycles. The zero-order valence-corrected chi connectivity index (χ0v) is 12.6. The standard InChI is InChI=1S/C16H27NO2/c1-13(2)12-17-10-6-7-14(3)19-16-9-5-8-15(11-16)18-4/h5,8-9,11,13-14,17H,6-7,10,12H2,1-4H3. The largest absolute Gasteiger partial charge is 0.497 e. The highest BCUT2D eigenvalue weighted by molar-refractivity contribution is 5.32. The van der Waals surface area contributed by atoms with Crippen molar-refractivity contribution in [2.24, 2.45) is 5.92 Å². The summed E-state index contributed by atoms with van der Waals surface area (Å²) in [5.41, 5.74) is 0. The lowest BCUT2D eigenvalue weighted by Crippen LogP contribution is -2.22. The second-order valence-electron chi connectivity index (χ2n) is 5.35. The van der Waals surface area contributed by atoms with Gasteiger partial charge in [0.2, 0.25) is 0 Å². The third-order valence-electron chi connectivity index (χ3n) is 2.90. The SMILES string of the molecule is COc1cccc(OC(C)CCCNCC(C)C)c1. The molecule has 3 heteroatoms. The molecule has 0 fully saturated rings. The van der Waals surface area contributed by atoms with Gasteiger partial charge in [-0.3, -0.25) is 0 Å². The van der Waals surface area contributed by atoms with Crippen molar-refractivity contribution in [2.45, 2.75) is 39.7 Å². The molecule has 0 spiro atoms. The van der Waals surface area contributed by atoms with Crippen molar-refractivity contribution in [1.29, 1.82) is 0 Å². The van der Waals surface area contributed by atoms with Crippen molar-refractivity contribution in [1.82, 2.24) is 5.32 Å². The van der Waals surface area contributed by atoms with Crippen LogP contribution < -0.4 is 14.8 Å². The predicted octanol–water partition coefficient (Wildman–Crippen LogP) is 3.49. The summed E-state index contributed by atoms with van der Waals surface area (Å²) in [4.78, 5) is 0. The summed E-state index contributed by atoms with van der Waals surface area (Å²) in [5, 5.41) is 3.45. The van der Waals surface area contributed by atoms with E-state index < -0.39 is 0 Å². The van der Waals surface area contributed by atoms with Crippen LogP contribution in [0.15, 0.2) is 24.3 Å². The summed E-state index contributed by atoms with van der Waals surface area (Å²) in [5.74, 6) is 2.43. The molecule has 1 unspecified atom stereocenters. The Balaban J connectivity index is 2.21. The number of methoxy groups -OCH3 is 1. The van der Waals surface area contributed by atoms with E-state index in [4.69, 9.17) is 9.47 Å². The summed E-state index contributed by atoms with van der Waals surface area (Å²) in [6.07, 6.45) is 2.42. The molecule has 0 aliphatic carbocycles. The molecule has 1 atom stereocenters. The van der Waals surface area contributed by atoms with Crippen molar-refractivity contribution in [3.05, 3.63) is 24.3 Å². The molecule has 0 bridgehead atoms. The van der Waals surface area contributed by atoms with Crippen LogP contribution in [0.4, 0.5) is 0 Å². The first kappa shape index (κ1) is 15.8. The Hall–Kier alpha value is -1.22. The molecule has 0 aliphatic rings. The van der Waals surface area contributed by atoms with Crippen molar-refractivity contribution in [3.63, 3.8) is 0 Å². The van der Waals surface area contributed by atoms with E-state index in [0.29, 0.717) is 5.92 Å². The van der Waals surface area contributed by atoms with Crippen LogP contribution in [0, 0.1) is 5.92 Å². The van der Waals surface area contributed by atoms with E-state index in [0.717, 1.165) is 37.4 Å². The van der Waals surface area contributed by atoms with E-state index in [2.05, 4.69) is 26.1 Å². The van der Waals surface area contributed by atoms with Gasteiger partial charge in [-0.25, -0.2) is 0 Å². The van der Waals surface area contributed by atoms with Gasteiger partial charge in [0.25, 0.3) is 0 Å². The summed E-state index contributed by atoms with van der Waals surface area (Å²) in [7, 11) is 1.67. The van der Waals surface area contributed by atoms with Crippen LogP contribution in [-0.2, 0) is 0 Å². The third kappa shape index (κ3) is 7.06. The summed E-state index contributed by atoms with van der Waals surface area (Å²) in [6, 6.07) is 7.77. The van der Waals surface area contributed by atoms with Crippen LogP contribution >= 0.6 is 0 Å². The Morgan fingerprint density at radius 2 is 1.89 bits per heavy atom. The van der Waals surface area contributed by atoms with E-state index in [1.807, 2.05) is 24.3 Å². The molecule has 1 rings (SSSR count). The van der Waals surface area contributed by atoms with E-state index >= 15 is 0 Å². The number of nitrogens with one attached hydrogen (secondary N) is 1. The zero-order valence-electron chi connectivity index (χ0n) is 12.6. The van der Waals surface area contributed by atoms with Crippen LogP contribution in [0.1, 0.15) is 33.6 Å². The van der Waals surface area contributed by atoms with Crippen LogP contribution in [-0.4, -0.2) is 26.3 Å². The maximum absolute atomic E-state index is 5.88. The minimum atomic E-state index is 0.230. The van der Waals surface area contributed by atoms with Gasteiger partial charge in [-0.1, -0.05) is 19.9 Å². The Morgan fingerprint density at radius 1 is 1.16 bits per heavy atom. The first-order valence-corrected chi connectivity index (χ1v) is 7.13. The van der Waals surface area contributed by atoms with Gasteiger partial charge in [-0.15, -0.1) is 0 Å². The maximum atomic E-state index is 5.88. The Kier molecular flexibility index (Phi) is 7.34. The minimum absolute atomic E-state index is 0.230. The van der Waals surface area contributed by atoms with Crippen molar-refractivity contribution < 1.29 is 9.47 Å². The quantitative estimate of drug-likeness (QED) is 0.693. The topological polar surface area (TPSA) is 30.5 Å². The van der Waals surface area contributed by atoms with E-state index in [-0.39, 0.29) is 6.10 Å². The predicted molar refractivity (Wildman–Crippen MR) is 80.0 cm³/mol. The van der Waals surface area contributed by atoms with Gasteiger partial charge in [-0.05, 0) is 50.9 Å². The fraction of sp³-hybridized carbons (Fsp3) is 0.625. The molecule has 1 aromatic rings. The third-order valence-corrected chi connectivity index (χ3v) is 2.90. The van der Waals surface area contributed by atoms with Gasteiger partial charge in [0, 0.05) is 6.07 Å². The molecule has 0 heterocycles. The number of rotatable bonds is 9. The molecule has 19 heavy (non-hydrogen) atoms. The molecule has 0 radical (unpaired) electrons. The Bertz CT molecular complexity index is 352. The van der Waals surface area contributed by atoms with Gasteiger partial charge in [0.1, 0.15) is 11.5 Å². The first-order valence-electron chi connectivity index (χ1n) is 7.13. The van der Waals surface area contributed by atoms with E-state index in [1.54, 1.807) is 7.11 Å². The van der Waals surface area contributed by atoms with Crippen molar-refractivity contribution >= 4 is 0 Å². The minimum Gasteiger partial charge on any atom is -0.497 e. The summed E-state index contributed by atoms with van der Waals surface area (Å²) in [6.45, 7) is 8.71. The van der Waals surface area contributed by atoms with Crippen molar-refractivity contribution in [2.75, 3.05) is 20.2 Å². The summed E-state index contributed by atoms with van der Waals surface area (Å²) >= 11 is 0. The Morgan fingerprint density at radius 3 is 2.58 bits per heavy atom. The summed E-state index contributed by atoms with van der Waals surface area (Å²) < 4.78 is 11.1. The highest BCUT2D eigenvalue weighted by Gasteiger charge is 2.04. The van der Waals surface area contributed by atoms with Crippen LogP contribution in [0.5, 0.6) is 11.5 Å². The normalized spacial score (nSPS) is 12.5. The molecule has 1 aromatic carbocycles. The van der Waals surface area contributed by atoms with Gasteiger partial charge < -0.3 is 14.8 Å². The zero-order chi connectivity index (χ0) is 14.1. The smallest absolute Gasteiger partial charge is 0.123 e. The van der Waals surface area contributed by atoms with Gasteiger partial charge >= 0.3 is 0 Å². The van der Waals surface area contributed by atoms with Crippen LogP contribution in [0.3, 0.4) is 0 Å². The van der Waals surface area contributed by atoms with E-state index in [9.17, 15) is 0 Å². The first-order chi connectivity index (χ1) is 9.11. The molecule has 3 nitrogen and oxygen atoms in total. The number of ether oxygens (including phenoxy) is 2. The fourth-order valence-corrected chi connectivity index (χ4v) is 1.87. The number of hydrogen-bond donors (Lipinski definition) is 1. The van der Waals surface area contributed by atoms with Crippen molar-refractivity contribution in [3.8, 4) is 11.5 Å². The van der Waals surface area contributed by atoms with Gasteiger partial charge in [0.15, 0.2) is 0 Å². The Labute approximate surface area is 117 Å². The molecule has 1 N–H and O–H groups in total. The van der Waals surface area contributed by atoms with Crippen LogP contribution in [0.25, 0.3) is 0 Å². The number of hydrogen-bond acceptors (Lipinski definition) is 3. The molecule has 0 amide bonds. The lowest BCUT2D eigenvalue weighted by atomic mass is 10.2. The average molecular weight is 265 g/mol. The lowest BCUT2D eigenvalue weighted by molar-refractivity contribution is 0.206. The van der Waals surface area contributed by atoms with Gasteiger partial charge in [-0.2, -0.15) is 0 Å². The number of benzene rings is 1.